The van der Waals surface area contributed by atoms with Crippen molar-refractivity contribution in [2.24, 2.45) is 0 Å². The first-order valence-electron chi connectivity index (χ1n) is 9.99. The van der Waals surface area contributed by atoms with Crippen LogP contribution >= 0.6 is 0 Å². The second-order valence-corrected chi connectivity index (χ2v) is 7.81. The average molecular weight is 350 g/mol. The smallest absolute Gasteiger partial charge is 0.241 e. The van der Waals surface area contributed by atoms with Crippen molar-refractivity contribution in [1.82, 2.24) is 14.9 Å². The molecular formula is C21H26N4O. The van der Waals surface area contributed by atoms with E-state index in [0.29, 0.717) is 6.54 Å². The molecule has 0 radical (unpaired) electrons. The van der Waals surface area contributed by atoms with E-state index in [4.69, 9.17) is 4.98 Å². The fraction of sp³-hybridized carbons (Fsp3) is 0.524. The Bertz CT molecular complexity index is 804. The van der Waals surface area contributed by atoms with Crippen molar-refractivity contribution < 1.29 is 4.79 Å². The number of para-hydroxylation sites is 1. The third-order valence-electron chi connectivity index (χ3n) is 6.18. The van der Waals surface area contributed by atoms with Crippen molar-refractivity contribution in [3.63, 3.8) is 0 Å². The number of amides is 1. The summed E-state index contributed by atoms with van der Waals surface area (Å²) >= 11 is 0. The number of anilines is 1. The summed E-state index contributed by atoms with van der Waals surface area (Å²) in [6.07, 6.45) is 7.93. The summed E-state index contributed by atoms with van der Waals surface area (Å²) in [5, 5.41) is 0. The number of hydrogen-bond acceptors (Lipinski definition) is 3. The molecule has 136 valence electrons. The Balaban J connectivity index is 1.32. The number of carbonyl (C=O) groups is 1. The number of imidazole rings is 1. The van der Waals surface area contributed by atoms with E-state index < -0.39 is 0 Å². The molecule has 1 N–H and O–H groups in total. The Kier molecular flexibility index (Phi) is 4.04. The number of fused-ring (bicyclic) bond motifs is 2. The Morgan fingerprint density at radius 2 is 2.00 bits per heavy atom. The number of nitrogens with one attached hydrogen (secondary N) is 1. The maximum atomic E-state index is 13.0. The Labute approximate surface area is 154 Å². The zero-order chi connectivity index (χ0) is 17.5. The van der Waals surface area contributed by atoms with Gasteiger partial charge in [-0.15, -0.1) is 0 Å². The molecule has 1 saturated heterocycles. The van der Waals surface area contributed by atoms with Crippen molar-refractivity contribution in [2.45, 2.75) is 51.0 Å². The fourth-order valence-corrected chi connectivity index (χ4v) is 4.81. The first kappa shape index (κ1) is 16.1. The van der Waals surface area contributed by atoms with Crippen LogP contribution in [0.3, 0.4) is 0 Å². The number of benzene rings is 1. The summed E-state index contributed by atoms with van der Waals surface area (Å²) in [6.45, 7) is 2.29. The molecule has 3 heterocycles. The highest BCUT2D eigenvalue weighted by Crippen LogP contribution is 2.33. The maximum Gasteiger partial charge on any atom is 0.241 e. The van der Waals surface area contributed by atoms with Gasteiger partial charge in [-0.3, -0.25) is 9.69 Å². The minimum atomic E-state index is 0.221. The van der Waals surface area contributed by atoms with Gasteiger partial charge in [0.2, 0.25) is 5.91 Å². The summed E-state index contributed by atoms with van der Waals surface area (Å²) in [7, 11) is 0. The van der Waals surface area contributed by atoms with Gasteiger partial charge in [-0.05, 0) is 63.1 Å². The van der Waals surface area contributed by atoms with E-state index in [1.165, 1.54) is 29.8 Å². The minimum Gasteiger partial charge on any atom is -0.344 e. The first-order chi connectivity index (χ1) is 12.8. The number of hydrogen-bond donors (Lipinski definition) is 1. The van der Waals surface area contributed by atoms with Crippen LogP contribution in [0.25, 0.3) is 0 Å². The summed E-state index contributed by atoms with van der Waals surface area (Å²) < 4.78 is 0. The average Bonchev–Trinajstić information content (AvgIpc) is 3.38. The minimum absolute atomic E-state index is 0.221. The molecule has 0 saturated carbocycles. The summed E-state index contributed by atoms with van der Waals surface area (Å²) in [5.41, 5.74) is 4.98. The Morgan fingerprint density at radius 1 is 1.12 bits per heavy atom. The monoisotopic (exact) mass is 350 g/mol. The molecule has 1 aromatic carbocycles. The van der Waals surface area contributed by atoms with Crippen molar-refractivity contribution in [3.8, 4) is 0 Å². The molecule has 2 aliphatic heterocycles. The van der Waals surface area contributed by atoms with Crippen molar-refractivity contribution in [2.75, 3.05) is 24.5 Å². The highest BCUT2D eigenvalue weighted by atomic mass is 16.2. The van der Waals surface area contributed by atoms with Gasteiger partial charge in [-0.2, -0.15) is 0 Å². The molecular weight excluding hydrogens is 324 g/mol. The molecule has 26 heavy (non-hydrogen) atoms. The molecule has 1 aliphatic carbocycles. The SMILES string of the molecule is O=C(CN1CCCC1c1nc2c([nH]1)CCCC2)N1CCc2ccccc21. The van der Waals surface area contributed by atoms with Crippen molar-refractivity contribution in [1.29, 1.82) is 0 Å². The third-order valence-corrected chi connectivity index (χ3v) is 6.18. The molecule has 3 aliphatic rings. The van der Waals surface area contributed by atoms with E-state index in [1.54, 1.807) is 0 Å². The number of carbonyl (C=O) groups excluding carboxylic acids is 1. The molecule has 5 rings (SSSR count). The van der Waals surface area contributed by atoms with Crippen LogP contribution in [0.1, 0.15) is 54.5 Å². The van der Waals surface area contributed by atoms with Crippen LogP contribution < -0.4 is 4.90 Å². The normalized spacial score (nSPS) is 22.5. The Hall–Kier alpha value is -2.14. The van der Waals surface area contributed by atoms with E-state index in [9.17, 15) is 4.79 Å². The molecule has 5 heteroatoms. The largest absolute Gasteiger partial charge is 0.344 e. The molecule has 2 aromatic rings. The van der Waals surface area contributed by atoms with E-state index in [2.05, 4.69) is 28.1 Å². The summed E-state index contributed by atoms with van der Waals surface area (Å²) in [5.74, 6) is 1.31. The predicted molar refractivity (Wildman–Crippen MR) is 101 cm³/mol. The van der Waals surface area contributed by atoms with Gasteiger partial charge in [0.15, 0.2) is 0 Å². The van der Waals surface area contributed by atoms with Crippen LogP contribution in [0.15, 0.2) is 24.3 Å². The molecule has 0 spiro atoms. The van der Waals surface area contributed by atoms with Crippen LogP contribution in [0.2, 0.25) is 0 Å². The van der Waals surface area contributed by atoms with E-state index >= 15 is 0 Å². The number of aromatic amines is 1. The topological polar surface area (TPSA) is 52.2 Å². The van der Waals surface area contributed by atoms with E-state index in [-0.39, 0.29) is 11.9 Å². The van der Waals surface area contributed by atoms with Crippen LogP contribution in [0.4, 0.5) is 5.69 Å². The number of aromatic nitrogens is 2. The van der Waals surface area contributed by atoms with Gasteiger partial charge >= 0.3 is 0 Å². The van der Waals surface area contributed by atoms with Gasteiger partial charge in [0.25, 0.3) is 0 Å². The second kappa shape index (κ2) is 6.54. The van der Waals surface area contributed by atoms with Crippen LogP contribution in [-0.2, 0) is 24.1 Å². The van der Waals surface area contributed by atoms with E-state index in [1.807, 2.05) is 11.0 Å². The maximum absolute atomic E-state index is 13.0. The van der Waals surface area contributed by atoms with Crippen LogP contribution in [0, 0.1) is 0 Å². The molecule has 1 aromatic heterocycles. The summed E-state index contributed by atoms with van der Waals surface area (Å²) in [6, 6.07) is 8.55. The van der Waals surface area contributed by atoms with Gasteiger partial charge < -0.3 is 9.88 Å². The van der Waals surface area contributed by atoms with Crippen molar-refractivity contribution in [3.05, 3.63) is 47.0 Å². The number of nitrogens with zero attached hydrogens (tertiary/aromatic N) is 3. The molecule has 1 fully saturated rings. The highest BCUT2D eigenvalue weighted by molar-refractivity contribution is 5.96. The van der Waals surface area contributed by atoms with Gasteiger partial charge in [-0.1, -0.05) is 18.2 Å². The standard InChI is InChI=1S/C21H26N4O/c26-20(25-13-11-15-6-1-4-9-18(15)25)14-24-12-5-10-19(24)21-22-16-7-2-3-8-17(16)23-21/h1,4,6,9,19H,2-3,5,7-8,10-14H2,(H,22,23). The molecule has 0 bridgehead atoms. The lowest BCUT2D eigenvalue weighted by atomic mass is 10.0. The molecule has 1 amide bonds. The highest BCUT2D eigenvalue weighted by Gasteiger charge is 2.33. The predicted octanol–water partition coefficient (Wildman–Crippen LogP) is 3.01. The zero-order valence-corrected chi connectivity index (χ0v) is 15.2. The first-order valence-corrected chi connectivity index (χ1v) is 9.99. The quantitative estimate of drug-likeness (QED) is 0.926. The third kappa shape index (κ3) is 2.75. The second-order valence-electron chi connectivity index (χ2n) is 7.81. The van der Waals surface area contributed by atoms with Gasteiger partial charge in [0.1, 0.15) is 5.82 Å². The lowest BCUT2D eigenvalue weighted by molar-refractivity contribution is -0.119. The Morgan fingerprint density at radius 3 is 2.92 bits per heavy atom. The fourth-order valence-electron chi connectivity index (χ4n) is 4.81. The molecule has 1 unspecified atom stereocenters. The number of aryl methyl sites for hydroxylation is 2. The van der Waals surface area contributed by atoms with Gasteiger partial charge in [-0.25, -0.2) is 4.98 Å². The number of likely N-dealkylation sites (tertiary alicyclic amines) is 1. The van der Waals surface area contributed by atoms with Crippen molar-refractivity contribution >= 4 is 11.6 Å². The van der Waals surface area contributed by atoms with Crippen LogP contribution in [0.5, 0.6) is 0 Å². The zero-order valence-electron chi connectivity index (χ0n) is 15.2. The number of rotatable bonds is 3. The van der Waals surface area contributed by atoms with Crippen LogP contribution in [-0.4, -0.2) is 40.4 Å². The lowest BCUT2D eigenvalue weighted by Crippen LogP contribution is -2.39. The summed E-state index contributed by atoms with van der Waals surface area (Å²) in [4.78, 5) is 25.8. The number of H-pyrrole nitrogens is 1. The lowest BCUT2D eigenvalue weighted by Gasteiger charge is -2.25. The molecule has 5 nitrogen and oxygen atoms in total. The van der Waals surface area contributed by atoms with Gasteiger partial charge in [0.05, 0.1) is 18.3 Å². The molecule has 1 atom stereocenters. The van der Waals surface area contributed by atoms with E-state index in [0.717, 1.165) is 56.7 Å². The van der Waals surface area contributed by atoms with Gasteiger partial charge in [0, 0.05) is 17.9 Å².